The molecule has 0 saturated heterocycles. The molecule has 0 radical (unpaired) electrons. The van der Waals surface area contributed by atoms with E-state index in [0.29, 0.717) is 18.2 Å². The monoisotopic (exact) mass is 256 g/mol. The zero-order valence-corrected chi connectivity index (χ0v) is 10.6. The van der Waals surface area contributed by atoms with Gasteiger partial charge in [-0.2, -0.15) is 0 Å². The maximum absolute atomic E-state index is 10.4. The average Bonchev–Trinajstić information content (AvgIpc) is 2.78. The van der Waals surface area contributed by atoms with Crippen molar-refractivity contribution in [1.82, 2.24) is 5.32 Å². The largest absolute Gasteiger partial charge is 0.433 e. The first-order chi connectivity index (χ1) is 8.67. The smallest absolute Gasteiger partial charge is 0.404 e. The summed E-state index contributed by atoms with van der Waals surface area (Å²) in [6.07, 6.45) is 2.92. The number of rotatable bonds is 9. The van der Waals surface area contributed by atoms with E-state index in [1.165, 1.54) is 6.07 Å². The predicted octanol–water partition coefficient (Wildman–Crippen LogP) is 2.08. The maximum atomic E-state index is 10.4. The first-order valence-electron chi connectivity index (χ1n) is 6.22. The fraction of sp³-hybridized carbons (Fsp3) is 0.667. The summed E-state index contributed by atoms with van der Waals surface area (Å²) >= 11 is 0. The molecule has 0 fully saturated rings. The van der Waals surface area contributed by atoms with E-state index in [0.717, 1.165) is 25.8 Å². The summed E-state index contributed by atoms with van der Waals surface area (Å²) in [5.41, 5.74) is 0. The lowest BCUT2D eigenvalue weighted by Gasteiger charge is -2.14. The third-order valence-electron chi connectivity index (χ3n) is 2.79. The molecule has 1 atom stereocenters. The van der Waals surface area contributed by atoms with Crippen molar-refractivity contribution in [1.29, 1.82) is 0 Å². The van der Waals surface area contributed by atoms with Crippen molar-refractivity contribution in [3.05, 3.63) is 28.0 Å². The highest BCUT2D eigenvalue weighted by Crippen LogP contribution is 2.15. The van der Waals surface area contributed by atoms with Gasteiger partial charge in [0.15, 0.2) is 0 Å². The van der Waals surface area contributed by atoms with Gasteiger partial charge < -0.3 is 14.8 Å². The molecule has 2 N–H and O–H groups in total. The number of nitro groups is 1. The molecule has 0 aliphatic rings. The third kappa shape index (κ3) is 4.85. The van der Waals surface area contributed by atoms with Crippen LogP contribution in [0.4, 0.5) is 5.88 Å². The molecule has 1 aromatic heterocycles. The van der Waals surface area contributed by atoms with E-state index in [-0.39, 0.29) is 12.5 Å². The lowest BCUT2D eigenvalue weighted by atomic mass is 10.0. The van der Waals surface area contributed by atoms with Crippen LogP contribution in [-0.2, 0) is 6.54 Å². The Morgan fingerprint density at radius 1 is 1.50 bits per heavy atom. The first kappa shape index (κ1) is 14.7. The average molecular weight is 256 g/mol. The molecule has 0 amide bonds. The molecule has 0 bridgehead atoms. The second-order valence-corrected chi connectivity index (χ2v) is 4.29. The number of furan rings is 1. The van der Waals surface area contributed by atoms with E-state index in [1.54, 1.807) is 6.07 Å². The molecule has 0 aromatic carbocycles. The van der Waals surface area contributed by atoms with Crippen molar-refractivity contribution < 1.29 is 14.4 Å². The van der Waals surface area contributed by atoms with Crippen LogP contribution >= 0.6 is 0 Å². The lowest BCUT2D eigenvalue weighted by molar-refractivity contribution is -0.402. The Balaban J connectivity index is 2.32. The van der Waals surface area contributed by atoms with Gasteiger partial charge in [-0.1, -0.05) is 13.3 Å². The van der Waals surface area contributed by atoms with E-state index >= 15 is 0 Å². The molecule has 1 unspecified atom stereocenters. The number of aliphatic hydroxyl groups is 1. The van der Waals surface area contributed by atoms with Crippen molar-refractivity contribution in [3.63, 3.8) is 0 Å². The van der Waals surface area contributed by atoms with Crippen LogP contribution in [0.5, 0.6) is 0 Å². The fourth-order valence-electron chi connectivity index (χ4n) is 1.90. The number of nitrogens with one attached hydrogen (secondary N) is 1. The van der Waals surface area contributed by atoms with Gasteiger partial charge in [-0.15, -0.1) is 0 Å². The molecule has 0 aliphatic heterocycles. The normalized spacial score (nSPS) is 12.6. The van der Waals surface area contributed by atoms with Gasteiger partial charge in [0.25, 0.3) is 0 Å². The van der Waals surface area contributed by atoms with Gasteiger partial charge in [-0.05, 0) is 31.4 Å². The third-order valence-corrected chi connectivity index (χ3v) is 2.79. The van der Waals surface area contributed by atoms with Crippen LogP contribution in [0.25, 0.3) is 0 Å². The minimum absolute atomic E-state index is 0.193. The number of aliphatic hydroxyl groups excluding tert-OH is 1. The van der Waals surface area contributed by atoms with Crippen LogP contribution in [0, 0.1) is 16.0 Å². The molecule has 6 heteroatoms. The van der Waals surface area contributed by atoms with E-state index in [2.05, 4.69) is 12.2 Å². The Bertz CT molecular complexity index is 359. The number of hydrogen-bond acceptors (Lipinski definition) is 5. The van der Waals surface area contributed by atoms with Crippen molar-refractivity contribution in [2.24, 2.45) is 5.92 Å². The van der Waals surface area contributed by atoms with Crippen LogP contribution in [0.15, 0.2) is 16.5 Å². The van der Waals surface area contributed by atoms with E-state index in [1.807, 2.05) is 0 Å². The summed E-state index contributed by atoms with van der Waals surface area (Å²) in [5.74, 6) is 0.762. The van der Waals surface area contributed by atoms with Crippen LogP contribution in [0.1, 0.15) is 31.9 Å². The van der Waals surface area contributed by atoms with E-state index in [4.69, 9.17) is 9.52 Å². The van der Waals surface area contributed by atoms with Gasteiger partial charge in [-0.25, -0.2) is 0 Å². The Labute approximate surface area is 106 Å². The fourth-order valence-corrected chi connectivity index (χ4v) is 1.90. The summed E-state index contributed by atoms with van der Waals surface area (Å²) in [6.45, 7) is 3.56. The van der Waals surface area contributed by atoms with Crippen molar-refractivity contribution >= 4 is 5.88 Å². The van der Waals surface area contributed by atoms with Gasteiger partial charge in [0.1, 0.15) is 10.7 Å². The van der Waals surface area contributed by atoms with Crippen LogP contribution in [-0.4, -0.2) is 23.2 Å². The highest BCUT2D eigenvalue weighted by Gasteiger charge is 2.12. The van der Waals surface area contributed by atoms with E-state index in [9.17, 15) is 10.1 Å². The number of hydrogen-bond donors (Lipinski definition) is 2. The summed E-state index contributed by atoms with van der Waals surface area (Å²) < 4.78 is 5.04. The zero-order chi connectivity index (χ0) is 13.4. The zero-order valence-electron chi connectivity index (χ0n) is 10.6. The highest BCUT2D eigenvalue weighted by atomic mass is 16.6. The van der Waals surface area contributed by atoms with Gasteiger partial charge in [0.2, 0.25) is 0 Å². The summed E-state index contributed by atoms with van der Waals surface area (Å²) in [7, 11) is 0. The number of nitrogens with zero attached hydrogens (tertiary/aromatic N) is 1. The Hall–Kier alpha value is -1.40. The predicted molar refractivity (Wildman–Crippen MR) is 67.2 cm³/mol. The maximum Gasteiger partial charge on any atom is 0.433 e. The molecule has 1 rings (SSSR count). The summed E-state index contributed by atoms with van der Waals surface area (Å²) in [4.78, 5) is 9.88. The Morgan fingerprint density at radius 2 is 2.28 bits per heavy atom. The van der Waals surface area contributed by atoms with E-state index < -0.39 is 4.92 Å². The molecule has 102 valence electrons. The second kappa shape index (κ2) is 7.84. The SMILES string of the molecule is CCCC(CCO)CNCc1ccc([N+](=O)[O-])o1. The van der Waals surface area contributed by atoms with Crippen LogP contribution in [0.3, 0.4) is 0 Å². The quantitative estimate of drug-likeness (QED) is 0.521. The van der Waals surface area contributed by atoms with Crippen molar-refractivity contribution in [3.8, 4) is 0 Å². The molecule has 1 aromatic rings. The van der Waals surface area contributed by atoms with Crippen molar-refractivity contribution in [2.45, 2.75) is 32.7 Å². The molecular weight excluding hydrogens is 236 g/mol. The van der Waals surface area contributed by atoms with Gasteiger partial charge in [0, 0.05) is 6.61 Å². The van der Waals surface area contributed by atoms with Gasteiger partial charge in [-0.3, -0.25) is 10.1 Å². The topological polar surface area (TPSA) is 88.5 Å². The Kier molecular flexibility index (Phi) is 6.38. The minimum Gasteiger partial charge on any atom is -0.404 e. The second-order valence-electron chi connectivity index (χ2n) is 4.29. The summed E-state index contributed by atoms with van der Waals surface area (Å²) in [5, 5.41) is 22.5. The Morgan fingerprint density at radius 3 is 2.83 bits per heavy atom. The highest BCUT2D eigenvalue weighted by molar-refractivity contribution is 5.17. The molecule has 18 heavy (non-hydrogen) atoms. The molecule has 0 saturated carbocycles. The standard InChI is InChI=1S/C12H20N2O4/c1-2-3-10(6-7-15)8-13-9-11-4-5-12(18-11)14(16)17/h4-5,10,13,15H,2-3,6-9H2,1H3. The van der Waals surface area contributed by atoms with Crippen LogP contribution < -0.4 is 5.32 Å². The first-order valence-corrected chi connectivity index (χ1v) is 6.22. The summed E-state index contributed by atoms with van der Waals surface area (Å²) in [6, 6.07) is 2.96. The minimum atomic E-state index is -0.546. The molecule has 0 aliphatic carbocycles. The lowest BCUT2D eigenvalue weighted by Crippen LogP contribution is -2.23. The molecule has 6 nitrogen and oxygen atoms in total. The van der Waals surface area contributed by atoms with Gasteiger partial charge >= 0.3 is 5.88 Å². The molecular formula is C12H20N2O4. The van der Waals surface area contributed by atoms with Crippen molar-refractivity contribution in [2.75, 3.05) is 13.2 Å². The van der Waals surface area contributed by atoms with Crippen LogP contribution in [0.2, 0.25) is 0 Å². The molecule has 1 heterocycles. The van der Waals surface area contributed by atoms with Gasteiger partial charge in [0.05, 0.1) is 12.6 Å². The molecule has 0 spiro atoms.